The molecule has 0 N–H and O–H groups in total. The van der Waals surface area contributed by atoms with Gasteiger partial charge in [-0.05, 0) is 32.9 Å². The van der Waals surface area contributed by atoms with Gasteiger partial charge in [0.1, 0.15) is 17.7 Å². The van der Waals surface area contributed by atoms with E-state index in [9.17, 15) is 18.0 Å². The van der Waals surface area contributed by atoms with Crippen molar-refractivity contribution < 1.29 is 22.7 Å². The predicted molar refractivity (Wildman–Crippen MR) is 102 cm³/mol. The minimum Gasteiger partial charge on any atom is -0.444 e. The van der Waals surface area contributed by atoms with Gasteiger partial charge in [-0.15, -0.1) is 0 Å². The summed E-state index contributed by atoms with van der Waals surface area (Å²) in [5.74, 6) is 0.417. The van der Waals surface area contributed by atoms with Crippen LogP contribution in [-0.2, 0) is 10.9 Å². The molecule has 1 saturated heterocycles. The molecule has 2 aromatic rings. The Balaban J connectivity index is 1.86. The number of nitrogens with zero attached hydrogens (tertiary/aromatic N) is 4. The number of amides is 1. The molecule has 0 radical (unpaired) electrons. The van der Waals surface area contributed by atoms with Crippen molar-refractivity contribution >= 4 is 38.7 Å². The van der Waals surface area contributed by atoms with Gasteiger partial charge >= 0.3 is 12.3 Å². The number of hydrogen-bond acceptors (Lipinski definition) is 5. The molecule has 1 aliphatic rings. The summed E-state index contributed by atoms with van der Waals surface area (Å²) >= 11 is 3.15. The van der Waals surface area contributed by atoms with Crippen LogP contribution in [-0.4, -0.2) is 52.7 Å². The van der Waals surface area contributed by atoms with Crippen LogP contribution < -0.4 is 4.90 Å². The van der Waals surface area contributed by atoms with E-state index < -0.39 is 23.4 Å². The number of aromatic nitrogens is 2. The monoisotopic (exact) mass is 460 g/mol. The number of anilines is 1. The number of carbonyl (C=O) groups excluding carboxylic acids is 1. The zero-order chi connectivity index (χ0) is 20.7. The van der Waals surface area contributed by atoms with Crippen molar-refractivity contribution in [2.75, 3.05) is 31.1 Å². The van der Waals surface area contributed by atoms with Crippen LogP contribution >= 0.6 is 15.9 Å². The summed E-state index contributed by atoms with van der Waals surface area (Å²) in [5.41, 5.74) is -1.54. The average molecular weight is 461 g/mol. The average Bonchev–Trinajstić information content (AvgIpc) is 2.58. The second-order valence-corrected chi connectivity index (χ2v) is 8.41. The normalized spacial score (nSPS) is 15.8. The maximum Gasteiger partial charge on any atom is 0.418 e. The van der Waals surface area contributed by atoms with E-state index >= 15 is 0 Å². The second-order valence-electron chi connectivity index (χ2n) is 7.50. The third-order valence-corrected chi connectivity index (χ3v) is 4.68. The topological polar surface area (TPSA) is 58.6 Å². The number of alkyl halides is 3. The Hall–Kier alpha value is -2.10. The maximum absolute atomic E-state index is 13.4. The smallest absolute Gasteiger partial charge is 0.418 e. The number of carbonyl (C=O) groups is 1. The Morgan fingerprint density at radius 1 is 1.11 bits per heavy atom. The molecule has 1 fully saturated rings. The summed E-state index contributed by atoms with van der Waals surface area (Å²) < 4.78 is 45.9. The summed E-state index contributed by atoms with van der Waals surface area (Å²) in [7, 11) is 0. The van der Waals surface area contributed by atoms with Gasteiger partial charge in [-0.3, -0.25) is 0 Å². The van der Waals surface area contributed by atoms with Crippen LogP contribution in [0.1, 0.15) is 26.3 Å². The summed E-state index contributed by atoms with van der Waals surface area (Å²) in [5, 5.41) is 0.315. The summed E-state index contributed by atoms with van der Waals surface area (Å²) in [6.45, 7) is 7.03. The van der Waals surface area contributed by atoms with Crippen molar-refractivity contribution in [2.24, 2.45) is 0 Å². The van der Waals surface area contributed by atoms with Crippen molar-refractivity contribution in [3.8, 4) is 0 Å². The number of rotatable bonds is 1. The number of hydrogen-bond donors (Lipinski definition) is 0. The van der Waals surface area contributed by atoms with E-state index in [1.54, 1.807) is 31.7 Å². The van der Waals surface area contributed by atoms with Crippen LogP contribution in [0.4, 0.5) is 23.8 Å². The molecule has 0 saturated carbocycles. The van der Waals surface area contributed by atoms with Crippen molar-refractivity contribution in [3.05, 3.63) is 28.5 Å². The van der Waals surface area contributed by atoms with E-state index in [1.807, 2.05) is 4.90 Å². The highest BCUT2D eigenvalue weighted by atomic mass is 79.9. The van der Waals surface area contributed by atoms with Crippen LogP contribution in [0.5, 0.6) is 0 Å². The first-order valence-electron chi connectivity index (χ1n) is 8.70. The van der Waals surface area contributed by atoms with E-state index in [2.05, 4.69) is 25.9 Å². The SMILES string of the molecule is CC(C)(C)OC(=O)N1CCN(c2ncnc3c(C(F)(F)F)cc(Br)cc23)CC1. The first kappa shape index (κ1) is 20.6. The molecule has 6 nitrogen and oxygen atoms in total. The van der Waals surface area contributed by atoms with E-state index in [4.69, 9.17) is 4.74 Å². The molecule has 1 amide bonds. The summed E-state index contributed by atoms with van der Waals surface area (Å²) in [6, 6.07) is 2.60. The zero-order valence-corrected chi connectivity index (χ0v) is 17.3. The maximum atomic E-state index is 13.4. The van der Waals surface area contributed by atoms with Crippen LogP contribution in [0, 0.1) is 0 Å². The van der Waals surface area contributed by atoms with Crippen molar-refractivity contribution in [2.45, 2.75) is 32.5 Å². The molecule has 0 atom stereocenters. The Labute approximate surface area is 168 Å². The molecule has 0 aliphatic carbocycles. The number of benzene rings is 1. The molecular formula is C18H20BrF3N4O2. The van der Waals surface area contributed by atoms with Crippen LogP contribution in [0.3, 0.4) is 0 Å². The molecule has 2 heterocycles. The first-order valence-corrected chi connectivity index (χ1v) is 9.49. The lowest BCUT2D eigenvalue weighted by molar-refractivity contribution is -0.136. The number of fused-ring (bicyclic) bond motifs is 1. The molecule has 0 unspecified atom stereocenters. The first-order chi connectivity index (χ1) is 13.0. The second kappa shape index (κ2) is 7.38. The third kappa shape index (κ3) is 4.48. The van der Waals surface area contributed by atoms with Gasteiger partial charge in [-0.25, -0.2) is 14.8 Å². The quantitative estimate of drug-likeness (QED) is 0.628. The fraction of sp³-hybridized carbons (Fsp3) is 0.500. The fourth-order valence-electron chi connectivity index (χ4n) is 3.02. The highest BCUT2D eigenvalue weighted by Gasteiger charge is 2.35. The highest BCUT2D eigenvalue weighted by molar-refractivity contribution is 9.10. The lowest BCUT2D eigenvalue weighted by Gasteiger charge is -2.36. The standard InChI is InChI=1S/C18H20BrF3N4O2/c1-17(2,3)28-16(27)26-6-4-25(5-7-26)15-12-8-11(19)9-13(18(20,21)22)14(12)23-10-24-15/h8-10H,4-7H2,1-3H3. The van der Waals surface area contributed by atoms with Gasteiger partial charge in [0.15, 0.2) is 0 Å². The molecule has 3 rings (SSSR count). The van der Waals surface area contributed by atoms with E-state index in [-0.39, 0.29) is 5.52 Å². The van der Waals surface area contributed by atoms with Gasteiger partial charge in [0.2, 0.25) is 0 Å². The lowest BCUT2D eigenvalue weighted by Crippen LogP contribution is -2.50. The number of ether oxygens (including phenoxy) is 1. The van der Waals surface area contributed by atoms with Gasteiger partial charge in [-0.2, -0.15) is 13.2 Å². The lowest BCUT2D eigenvalue weighted by atomic mass is 10.1. The van der Waals surface area contributed by atoms with Gasteiger partial charge < -0.3 is 14.5 Å². The zero-order valence-electron chi connectivity index (χ0n) is 15.7. The van der Waals surface area contributed by atoms with Crippen LogP contribution in [0.15, 0.2) is 22.9 Å². The third-order valence-electron chi connectivity index (χ3n) is 4.22. The number of halogens is 4. The Morgan fingerprint density at radius 2 is 1.75 bits per heavy atom. The van der Waals surface area contributed by atoms with Gasteiger partial charge in [0.05, 0.1) is 11.1 Å². The molecule has 0 spiro atoms. The summed E-state index contributed by atoms with van der Waals surface area (Å²) in [4.78, 5) is 23.7. The molecule has 152 valence electrons. The molecule has 1 aromatic carbocycles. The van der Waals surface area contributed by atoms with Gasteiger partial charge in [0.25, 0.3) is 0 Å². The molecule has 1 aliphatic heterocycles. The van der Waals surface area contributed by atoms with Gasteiger partial charge in [0, 0.05) is 36.0 Å². The van der Waals surface area contributed by atoms with Crippen LogP contribution in [0.25, 0.3) is 10.9 Å². The van der Waals surface area contributed by atoms with Crippen molar-refractivity contribution in [1.82, 2.24) is 14.9 Å². The largest absolute Gasteiger partial charge is 0.444 e. The Bertz CT molecular complexity index is 891. The molecule has 0 bridgehead atoms. The van der Waals surface area contributed by atoms with Crippen molar-refractivity contribution in [3.63, 3.8) is 0 Å². The Morgan fingerprint density at radius 3 is 2.32 bits per heavy atom. The van der Waals surface area contributed by atoms with E-state index in [0.29, 0.717) is 41.9 Å². The molecule has 1 aromatic heterocycles. The minimum absolute atomic E-state index is 0.143. The van der Waals surface area contributed by atoms with E-state index in [1.165, 1.54) is 0 Å². The Kier molecular flexibility index (Phi) is 5.44. The highest BCUT2D eigenvalue weighted by Crippen LogP contribution is 2.38. The van der Waals surface area contributed by atoms with Gasteiger partial charge in [-0.1, -0.05) is 15.9 Å². The van der Waals surface area contributed by atoms with Crippen molar-refractivity contribution in [1.29, 1.82) is 0 Å². The predicted octanol–water partition coefficient (Wildman–Crippen LogP) is 4.47. The molecule has 28 heavy (non-hydrogen) atoms. The van der Waals surface area contributed by atoms with Crippen LogP contribution in [0.2, 0.25) is 0 Å². The molecule has 10 heteroatoms. The number of piperazine rings is 1. The fourth-order valence-corrected chi connectivity index (χ4v) is 3.47. The molecular weight excluding hydrogens is 441 g/mol. The summed E-state index contributed by atoms with van der Waals surface area (Å²) in [6.07, 6.45) is -3.79. The van der Waals surface area contributed by atoms with E-state index in [0.717, 1.165) is 12.4 Å². The minimum atomic E-state index is -4.52.